The molecule has 0 spiro atoms. The molecule has 5 nitrogen and oxygen atoms in total. The summed E-state index contributed by atoms with van der Waals surface area (Å²) in [5.41, 5.74) is 0.853. The van der Waals surface area contributed by atoms with Crippen LogP contribution in [-0.4, -0.2) is 42.9 Å². The molecule has 2 unspecified atom stereocenters. The van der Waals surface area contributed by atoms with Gasteiger partial charge in [-0.05, 0) is 42.7 Å². The normalized spacial score (nSPS) is 18.9. The summed E-state index contributed by atoms with van der Waals surface area (Å²) in [6.07, 6.45) is 3.51. The minimum Gasteiger partial charge on any atom is -0.497 e. The van der Waals surface area contributed by atoms with Gasteiger partial charge in [-0.25, -0.2) is 0 Å². The Morgan fingerprint density at radius 1 is 1.33 bits per heavy atom. The van der Waals surface area contributed by atoms with Crippen molar-refractivity contribution in [3.8, 4) is 5.75 Å². The van der Waals surface area contributed by atoms with Gasteiger partial charge in [0.05, 0.1) is 32.1 Å². The molecule has 0 radical (unpaired) electrons. The summed E-state index contributed by atoms with van der Waals surface area (Å²) in [4.78, 5) is 2.19. The summed E-state index contributed by atoms with van der Waals surface area (Å²) < 4.78 is 16.5. The van der Waals surface area contributed by atoms with Gasteiger partial charge in [0, 0.05) is 19.7 Å². The minimum absolute atomic E-state index is 0.234. The fraction of sp³-hybridized carbons (Fsp3) is 0.474. The van der Waals surface area contributed by atoms with E-state index in [4.69, 9.17) is 13.9 Å². The van der Waals surface area contributed by atoms with Gasteiger partial charge in [0.2, 0.25) is 0 Å². The first kappa shape index (κ1) is 17.0. The standard InChI is InChI=1S/C19H25NO4/c1-22-16-6-2-5-15(11-16)19(21)14-20(12-17-7-3-9-23-17)13-18-8-4-10-24-18/h2-3,5-7,9,11,18-19,21H,4,8,10,12-14H2,1H3. The molecule has 1 aliphatic rings. The van der Waals surface area contributed by atoms with Crippen LogP contribution < -0.4 is 4.74 Å². The van der Waals surface area contributed by atoms with Crippen LogP contribution in [0, 0.1) is 0 Å². The molecule has 1 aromatic heterocycles. The van der Waals surface area contributed by atoms with Crippen molar-refractivity contribution in [1.29, 1.82) is 0 Å². The molecule has 2 aromatic rings. The lowest BCUT2D eigenvalue weighted by Gasteiger charge is -2.27. The van der Waals surface area contributed by atoms with Crippen LogP contribution in [-0.2, 0) is 11.3 Å². The maximum atomic E-state index is 10.6. The van der Waals surface area contributed by atoms with Crippen LogP contribution in [0.15, 0.2) is 47.1 Å². The van der Waals surface area contributed by atoms with E-state index in [2.05, 4.69) is 4.90 Å². The summed E-state index contributed by atoms with van der Waals surface area (Å²) in [6, 6.07) is 11.4. The number of hydrogen-bond acceptors (Lipinski definition) is 5. The number of aliphatic hydroxyl groups excluding tert-OH is 1. The van der Waals surface area contributed by atoms with Crippen LogP contribution in [0.2, 0.25) is 0 Å². The molecule has 0 aliphatic carbocycles. The lowest BCUT2D eigenvalue weighted by atomic mass is 10.1. The zero-order valence-electron chi connectivity index (χ0n) is 14.1. The van der Waals surface area contributed by atoms with Gasteiger partial charge < -0.3 is 19.0 Å². The van der Waals surface area contributed by atoms with Crippen molar-refractivity contribution in [3.63, 3.8) is 0 Å². The third-order valence-corrected chi connectivity index (χ3v) is 4.36. The van der Waals surface area contributed by atoms with E-state index in [0.717, 1.165) is 43.1 Å². The van der Waals surface area contributed by atoms with Crippen LogP contribution in [0.3, 0.4) is 0 Å². The van der Waals surface area contributed by atoms with E-state index >= 15 is 0 Å². The van der Waals surface area contributed by atoms with Gasteiger partial charge in [-0.15, -0.1) is 0 Å². The summed E-state index contributed by atoms with van der Waals surface area (Å²) in [6.45, 7) is 2.81. The maximum absolute atomic E-state index is 10.6. The molecule has 24 heavy (non-hydrogen) atoms. The topological polar surface area (TPSA) is 55.1 Å². The zero-order valence-corrected chi connectivity index (χ0v) is 14.1. The minimum atomic E-state index is -0.587. The van der Waals surface area contributed by atoms with Gasteiger partial charge in [-0.3, -0.25) is 4.90 Å². The van der Waals surface area contributed by atoms with Crippen molar-refractivity contribution in [2.24, 2.45) is 0 Å². The van der Waals surface area contributed by atoms with Crippen LogP contribution in [0.25, 0.3) is 0 Å². The quantitative estimate of drug-likeness (QED) is 0.806. The van der Waals surface area contributed by atoms with E-state index in [1.165, 1.54) is 0 Å². The monoisotopic (exact) mass is 331 g/mol. The Bertz CT molecular complexity index is 608. The second kappa shape index (κ2) is 8.33. The van der Waals surface area contributed by atoms with Crippen molar-refractivity contribution in [3.05, 3.63) is 54.0 Å². The average Bonchev–Trinajstić information content (AvgIpc) is 3.29. The Kier molecular flexibility index (Phi) is 5.91. The predicted octanol–water partition coefficient (Wildman–Crippen LogP) is 3.00. The van der Waals surface area contributed by atoms with E-state index in [9.17, 15) is 5.11 Å². The molecule has 1 N–H and O–H groups in total. The molecule has 1 saturated heterocycles. The Balaban J connectivity index is 1.66. The van der Waals surface area contributed by atoms with Crippen LogP contribution in [0.5, 0.6) is 5.75 Å². The van der Waals surface area contributed by atoms with E-state index in [1.807, 2.05) is 36.4 Å². The highest BCUT2D eigenvalue weighted by Crippen LogP contribution is 2.22. The van der Waals surface area contributed by atoms with Crippen molar-refractivity contribution >= 4 is 0 Å². The maximum Gasteiger partial charge on any atom is 0.119 e. The van der Waals surface area contributed by atoms with Crippen LogP contribution in [0.1, 0.15) is 30.3 Å². The summed E-state index contributed by atoms with van der Waals surface area (Å²) in [5, 5.41) is 10.6. The summed E-state index contributed by atoms with van der Waals surface area (Å²) in [7, 11) is 1.63. The largest absolute Gasteiger partial charge is 0.497 e. The number of rotatable bonds is 8. The van der Waals surface area contributed by atoms with E-state index in [-0.39, 0.29) is 6.10 Å². The molecule has 5 heteroatoms. The average molecular weight is 331 g/mol. The third kappa shape index (κ3) is 4.60. The van der Waals surface area contributed by atoms with Gasteiger partial charge in [0.15, 0.2) is 0 Å². The molecule has 0 amide bonds. The van der Waals surface area contributed by atoms with E-state index in [0.29, 0.717) is 13.1 Å². The molecule has 0 saturated carbocycles. The fourth-order valence-electron chi connectivity index (χ4n) is 3.10. The number of furan rings is 1. The Morgan fingerprint density at radius 2 is 2.25 bits per heavy atom. The highest BCUT2D eigenvalue weighted by molar-refractivity contribution is 5.29. The van der Waals surface area contributed by atoms with Gasteiger partial charge in [-0.1, -0.05) is 12.1 Å². The molecule has 2 atom stereocenters. The first-order chi connectivity index (χ1) is 11.7. The number of benzene rings is 1. The molecule has 130 valence electrons. The Labute approximate surface area is 142 Å². The van der Waals surface area contributed by atoms with Gasteiger partial charge in [0.25, 0.3) is 0 Å². The van der Waals surface area contributed by atoms with Gasteiger partial charge >= 0.3 is 0 Å². The first-order valence-electron chi connectivity index (χ1n) is 8.43. The Hall–Kier alpha value is -1.82. The first-order valence-corrected chi connectivity index (χ1v) is 8.43. The van der Waals surface area contributed by atoms with Crippen molar-refractivity contribution < 1.29 is 19.0 Å². The van der Waals surface area contributed by atoms with Crippen molar-refractivity contribution in [2.75, 3.05) is 26.8 Å². The number of aliphatic hydroxyl groups is 1. The fourth-order valence-corrected chi connectivity index (χ4v) is 3.10. The molecule has 3 rings (SSSR count). The van der Waals surface area contributed by atoms with E-state index in [1.54, 1.807) is 13.4 Å². The number of ether oxygens (including phenoxy) is 2. The van der Waals surface area contributed by atoms with Gasteiger partial charge in [0.1, 0.15) is 11.5 Å². The molecular formula is C19H25NO4. The highest BCUT2D eigenvalue weighted by Gasteiger charge is 2.22. The Morgan fingerprint density at radius 3 is 2.96 bits per heavy atom. The molecule has 2 heterocycles. The van der Waals surface area contributed by atoms with Crippen molar-refractivity contribution in [1.82, 2.24) is 4.90 Å². The smallest absolute Gasteiger partial charge is 0.119 e. The third-order valence-electron chi connectivity index (χ3n) is 4.36. The summed E-state index contributed by atoms with van der Waals surface area (Å²) >= 11 is 0. The van der Waals surface area contributed by atoms with Crippen LogP contribution in [0.4, 0.5) is 0 Å². The lowest BCUT2D eigenvalue weighted by Crippen LogP contribution is -2.35. The number of nitrogens with zero attached hydrogens (tertiary/aromatic N) is 1. The SMILES string of the molecule is COc1cccc(C(O)CN(Cc2ccco2)CC2CCCO2)c1. The van der Waals surface area contributed by atoms with E-state index < -0.39 is 6.10 Å². The number of methoxy groups -OCH3 is 1. The second-order valence-electron chi connectivity index (χ2n) is 6.20. The predicted molar refractivity (Wildman–Crippen MR) is 90.9 cm³/mol. The van der Waals surface area contributed by atoms with Crippen LogP contribution >= 0.6 is 0 Å². The zero-order chi connectivity index (χ0) is 16.8. The molecule has 1 aromatic carbocycles. The molecule has 1 aliphatic heterocycles. The van der Waals surface area contributed by atoms with Crippen molar-refractivity contribution in [2.45, 2.75) is 31.6 Å². The lowest BCUT2D eigenvalue weighted by molar-refractivity contribution is 0.0433. The second-order valence-corrected chi connectivity index (χ2v) is 6.20. The number of hydrogen-bond donors (Lipinski definition) is 1. The molecule has 1 fully saturated rings. The molecule has 0 bridgehead atoms. The molecular weight excluding hydrogens is 306 g/mol. The summed E-state index contributed by atoms with van der Waals surface area (Å²) in [5.74, 6) is 1.65. The highest BCUT2D eigenvalue weighted by atomic mass is 16.5. The van der Waals surface area contributed by atoms with Gasteiger partial charge in [-0.2, -0.15) is 0 Å².